The minimum Gasteiger partial charge on any atom is -0.387 e. The Kier molecular flexibility index (Phi) is 5.05. The lowest BCUT2D eigenvalue weighted by molar-refractivity contribution is 0.0915. The molecule has 0 heterocycles. The van der Waals surface area contributed by atoms with Crippen LogP contribution in [0.2, 0.25) is 5.02 Å². The molecule has 2 rings (SSSR count). The van der Waals surface area contributed by atoms with Crippen molar-refractivity contribution in [2.45, 2.75) is 6.10 Å². The molecule has 0 fully saturated rings. The minimum atomic E-state index is -1.64. The number of rotatable bonds is 4. The van der Waals surface area contributed by atoms with Crippen molar-refractivity contribution in [1.82, 2.24) is 5.32 Å². The molecule has 22 heavy (non-hydrogen) atoms. The van der Waals surface area contributed by atoms with Gasteiger partial charge >= 0.3 is 0 Å². The number of hydrogen-bond acceptors (Lipinski definition) is 2. The molecule has 0 aromatic heterocycles. The number of benzene rings is 2. The molecule has 0 radical (unpaired) electrons. The highest BCUT2D eigenvalue weighted by atomic mass is 35.5. The van der Waals surface area contributed by atoms with E-state index in [1.165, 1.54) is 0 Å². The fraction of sp³-hybridized carbons (Fsp3) is 0.133. The van der Waals surface area contributed by atoms with Gasteiger partial charge in [0.2, 0.25) is 0 Å². The summed E-state index contributed by atoms with van der Waals surface area (Å²) in [4.78, 5) is 11.8. The van der Waals surface area contributed by atoms with E-state index in [-0.39, 0.29) is 12.1 Å². The largest absolute Gasteiger partial charge is 0.387 e. The van der Waals surface area contributed by atoms with Gasteiger partial charge in [0.25, 0.3) is 5.91 Å². The molecule has 116 valence electrons. The zero-order valence-corrected chi connectivity index (χ0v) is 11.9. The van der Waals surface area contributed by atoms with Crippen LogP contribution in [-0.2, 0) is 0 Å². The van der Waals surface area contributed by atoms with E-state index in [9.17, 15) is 23.1 Å². The summed E-state index contributed by atoms with van der Waals surface area (Å²) in [5.41, 5.74) is 0.140. The molecule has 0 aliphatic heterocycles. The smallest absolute Gasteiger partial charge is 0.251 e. The van der Waals surface area contributed by atoms with E-state index in [2.05, 4.69) is 5.32 Å². The second-order valence-electron chi connectivity index (χ2n) is 4.53. The Morgan fingerprint density at radius 3 is 2.23 bits per heavy atom. The summed E-state index contributed by atoms with van der Waals surface area (Å²) in [6, 6.07) is 7.48. The zero-order chi connectivity index (χ0) is 16.3. The third-order valence-electron chi connectivity index (χ3n) is 2.96. The lowest BCUT2D eigenvalue weighted by Crippen LogP contribution is -2.28. The summed E-state index contributed by atoms with van der Waals surface area (Å²) >= 11 is 5.71. The summed E-state index contributed by atoms with van der Waals surface area (Å²) in [6.07, 6.45) is -1.02. The van der Waals surface area contributed by atoms with E-state index in [1.54, 1.807) is 24.3 Å². The third-order valence-corrected chi connectivity index (χ3v) is 3.21. The van der Waals surface area contributed by atoms with Gasteiger partial charge in [0, 0.05) is 17.1 Å². The molecular formula is C15H11ClF3NO2. The van der Waals surface area contributed by atoms with Crippen LogP contribution in [0.4, 0.5) is 13.2 Å². The van der Waals surface area contributed by atoms with Gasteiger partial charge in [-0.2, -0.15) is 0 Å². The van der Waals surface area contributed by atoms with Crippen LogP contribution in [0.15, 0.2) is 36.4 Å². The predicted octanol–water partition coefficient (Wildman–Crippen LogP) is 3.22. The van der Waals surface area contributed by atoms with Crippen molar-refractivity contribution in [2.24, 2.45) is 0 Å². The van der Waals surface area contributed by atoms with Crippen molar-refractivity contribution in [3.63, 3.8) is 0 Å². The van der Waals surface area contributed by atoms with Crippen LogP contribution in [-0.4, -0.2) is 17.6 Å². The first-order valence-corrected chi connectivity index (χ1v) is 6.62. The predicted molar refractivity (Wildman–Crippen MR) is 75.1 cm³/mol. The maximum Gasteiger partial charge on any atom is 0.251 e. The molecule has 2 aromatic rings. The number of amides is 1. The second kappa shape index (κ2) is 6.81. The van der Waals surface area contributed by atoms with Gasteiger partial charge in [-0.3, -0.25) is 4.79 Å². The van der Waals surface area contributed by atoms with Crippen molar-refractivity contribution < 1.29 is 23.1 Å². The Hall–Kier alpha value is -2.05. The van der Waals surface area contributed by atoms with Gasteiger partial charge in [-0.25, -0.2) is 13.2 Å². The van der Waals surface area contributed by atoms with E-state index < -0.39 is 29.5 Å². The first-order chi connectivity index (χ1) is 10.4. The number of hydrogen-bond donors (Lipinski definition) is 2. The topological polar surface area (TPSA) is 49.3 Å². The lowest BCUT2D eigenvalue weighted by Gasteiger charge is -2.12. The van der Waals surface area contributed by atoms with Crippen LogP contribution < -0.4 is 5.32 Å². The Bertz CT molecular complexity index is 669. The fourth-order valence-electron chi connectivity index (χ4n) is 1.78. The van der Waals surface area contributed by atoms with Crippen molar-refractivity contribution in [1.29, 1.82) is 0 Å². The molecule has 0 saturated carbocycles. The SMILES string of the molecule is O=C(NCC(O)c1ccc(Cl)cc1)c1cc(F)c(F)c(F)c1. The van der Waals surface area contributed by atoms with Gasteiger partial charge in [0.15, 0.2) is 17.5 Å². The summed E-state index contributed by atoms with van der Waals surface area (Å²) in [5.74, 6) is -5.38. The lowest BCUT2D eigenvalue weighted by atomic mass is 10.1. The van der Waals surface area contributed by atoms with Crippen molar-refractivity contribution in [3.8, 4) is 0 Å². The number of aliphatic hydroxyl groups is 1. The number of nitrogens with one attached hydrogen (secondary N) is 1. The molecule has 1 unspecified atom stereocenters. The summed E-state index contributed by atoms with van der Waals surface area (Å²) in [7, 11) is 0. The van der Waals surface area contributed by atoms with Gasteiger partial charge < -0.3 is 10.4 Å². The standard InChI is InChI=1S/C15H11ClF3NO2/c16-10-3-1-8(2-4-10)13(21)7-20-15(22)9-5-11(17)14(19)12(18)6-9/h1-6,13,21H,7H2,(H,20,22). The number of carbonyl (C=O) groups excluding carboxylic acids is 1. The second-order valence-corrected chi connectivity index (χ2v) is 4.97. The van der Waals surface area contributed by atoms with Crippen molar-refractivity contribution >= 4 is 17.5 Å². The van der Waals surface area contributed by atoms with Crippen LogP contribution in [0.25, 0.3) is 0 Å². The Balaban J connectivity index is 2.02. The minimum absolute atomic E-state index is 0.179. The first kappa shape index (κ1) is 16.3. The quantitative estimate of drug-likeness (QED) is 0.846. The summed E-state index contributed by atoms with van der Waals surface area (Å²) in [6.45, 7) is -0.179. The molecule has 2 aromatic carbocycles. The van der Waals surface area contributed by atoms with E-state index in [0.717, 1.165) is 0 Å². The van der Waals surface area contributed by atoms with Crippen LogP contribution in [0.5, 0.6) is 0 Å². The molecule has 0 spiro atoms. The van der Waals surface area contributed by atoms with Crippen molar-refractivity contribution in [2.75, 3.05) is 6.54 Å². The molecule has 1 amide bonds. The Morgan fingerprint density at radius 2 is 1.68 bits per heavy atom. The molecule has 2 N–H and O–H groups in total. The first-order valence-electron chi connectivity index (χ1n) is 6.24. The van der Waals surface area contributed by atoms with Gasteiger partial charge in [0.05, 0.1) is 6.10 Å². The van der Waals surface area contributed by atoms with Crippen LogP contribution >= 0.6 is 11.6 Å². The van der Waals surface area contributed by atoms with Crippen LogP contribution in [0.3, 0.4) is 0 Å². The summed E-state index contributed by atoms with van der Waals surface area (Å²) < 4.78 is 38.9. The molecule has 0 aliphatic carbocycles. The number of aliphatic hydroxyl groups excluding tert-OH is 1. The average Bonchev–Trinajstić information content (AvgIpc) is 2.50. The normalized spacial score (nSPS) is 12.0. The average molecular weight is 330 g/mol. The molecule has 3 nitrogen and oxygen atoms in total. The molecule has 0 saturated heterocycles. The van der Waals surface area contributed by atoms with E-state index >= 15 is 0 Å². The molecule has 1 atom stereocenters. The number of carbonyl (C=O) groups is 1. The molecule has 0 aliphatic rings. The molecular weight excluding hydrogens is 319 g/mol. The van der Waals surface area contributed by atoms with Gasteiger partial charge in [-0.15, -0.1) is 0 Å². The molecule has 0 bridgehead atoms. The maximum atomic E-state index is 13.0. The van der Waals surface area contributed by atoms with E-state index in [1.807, 2.05) is 0 Å². The van der Waals surface area contributed by atoms with E-state index in [4.69, 9.17) is 11.6 Å². The fourth-order valence-corrected chi connectivity index (χ4v) is 1.91. The van der Waals surface area contributed by atoms with Crippen LogP contribution in [0, 0.1) is 17.5 Å². The Labute approximate surface area is 129 Å². The van der Waals surface area contributed by atoms with Gasteiger partial charge in [0.1, 0.15) is 0 Å². The highest BCUT2D eigenvalue weighted by Crippen LogP contribution is 2.17. The highest BCUT2D eigenvalue weighted by molar-refractivity contribution is 6.30. The molecule has 7 heteroatoms. The highest BCUT2D eigenvalue weighted by Gasteiger charge is 2.16. The summed E-state index contributed by atoms with van der Waals surface area (Å²) in [5, 5.41) is 12.7. The third kappa shape index (κ3) is 3.78. The Morgan fingerprint density at radius 1 is 1.14 bits per heavy atom. The zero-order valence-electron chi connectivity index (χ0n) is 11.1. The van der Waals surface area contributed by atoms with Gasteiger partial charge in [-0.1, -0.05) is 23.7 Å². The maximum absolute atomic E-state index is 13.0. The number of halogens is 4. The van der Waals surface area contributed by atoms with Crippen LogP contribution in [0.1, 0.15) is 22.0 Å². The van der Waals surface area contributed by atoms with Crippen molar-refractivity contribution in [3.05, 3.63) is 70.0 Å². The monoisotopic (exact) mass is 329 g/mol. The van der Waals surface area contributed by atoms with Gasteiger partial charge in [-0.05, 0) is 29.8 Å². The van der Waals surface area contributed by atoms with E-state index in [0.29, 0.717) is 22.7 Å².